The van der Waals surface area contributed by atoms with Gasteiger partial charge < -0.3 is 14.5 Å². The minimum absolute atomic E-state index is 0.332. The molecule has 0 aliphatic carbocycles. The van der Waals surface area contributed by atoms with Gasteiger partial charge in [-0.15, -0.1) is 10.2 Å². The number of anilines is 2. The third-order valence-electron chi connectivity index (χ3n) is 3.30. The summed E-state index contributed by atoms with van der Waals surface area (Å²) in [7, 11) is 0. The molecule has 0 bridgehead atoms. The molecule has 110 valence electrons. The molecular formula is C13H21N5O2. The Labute approximate surface area is 118 Å². The molecule has 1 aliphatic heterocycles. The number of ether oxygens (including phenoxy) is 1. The van der Waals surface area contributed by atoms with Crippen molar-refractivity contribution in [2.45, 2.75) is 13.8 Å². The summed E-state index contributed by atoms with van der Waals surface area (Å²) in [6.45, 7) is 9.33. The Kier molecular flexibility index (Phi) is 5.11. The summed E-state index contributed by atoms with van der Waals surface area (Å²) >= 11 is 0. The molecular weight excluding hydrogens is 258 g/mol. The summed E-state index contributed by atoms with van der Waals surface area (Å²) < 4.78 is 4.78. The molecule has 0 atom stereocenters. The number of nitrogens with one attached hydrogen (secondary N) is 1. The average molecular weight is 279 g/mol. The quantitative estimate of drug-likeness (QED) is 0.892. The molecule has 2 rings (SSSR count). The standard InChI is InChI=1S/C13H21N5O2/c1-3-17-7-9-18(10-8-17)12-6-5-11(15-16-12)14-13(19)20-4-2/h5-6H,3-4,7-10H2,1-2H3,(H,14,15,19). The molecule has 0 unspecified atom stereocenters. The molecule has 1 saturated heterocycles. The fourth-order valence-corrected chi connectivity index (χ4v) is 2.13. The van der Waals surface area contributed by atoms with Gasteiger partial charge >= 0.3 is 6.09 Å². The van der Waals surface area contributed by atoms with E-state index in [0.29, 0.717) is 12.4 Å². The number of aromatic nitrogens is 2. The van der Waals surface area contributed by atoms with Crippen LogP contribution in [0.15, 0.2) is 12.1 Å². The lowest BCUT2D eigenvalue weighted by Crippen LogP contribution is -2.46. The number of likely N-dealkylation sites (N-methyl/N-ethyl adjacent to an activating group) is 1. The molecule has 1 aliphatic rings. The predicted molar refractivity (Wildman–Crippen MR) is 77.0 cm³/mol. The van der Waals surface area contributed by atoms with E-state index in [1.165, 1.54) is 0 Å². The predicted octanol–water partition coefficient (Wildman–Crippen LogP) is 1.19. The van der Waals surface area contributed by atoms with Crippen molar-refractivity contribution in [3.63, 3.8) is 0 Å². The van der Waals surface area contributed by atoms with Crippen LogP contribution in [0.25, 0.3) is 0 Å². The minimum Gasteiger partial charge on any atom is -0.450 e. The third kappa shape index (κ3) is 3.80. The van der Waals surface area contributed by atoms with Crippen LogP contribution in [0, 0.1) is 0 Å². The van der Waals surface area contributed by atoms with Gasteiger partial charge in [0, 0.05) is 26.2 Å². The lowest BCUT2D eigenvalue weighted by atomic mass is 10.3. The van der Waals surface area contributed by atoms with E-state index in [-0.39, 0.29) is 0 Å². The number of carbonyl (C=O) groups excluding carboxylic acids is 1. The Morgan fingerprint density at radius 2 is 2.00 bits per heavy atom. The van der Waals surface area contributed by atoms with Gasteiger partial charge in [-0.25, -0.2) is 4.79 Å². The molecule has 0 spiro atoms. The second kappa shape index (κ2) is 7.04. The molecule has 1 aromatic rings. The molecule has 20 heavy (non-hydrogen) atoms. The van der Waals surface area contributed by atoms with E-state index in [9.17, 15) is 4.79 Å². The van der Waals surface area contributed by atoms with Crippen molar-refractivity contribution in [2.24, 2.45) is 0 Å². The number of nitrogens with zero attached hydrogens (tertiary/aromatic N) is 4. The highest BCUT2D eigenvalue weighted by molar-refractivity contribution is 5.83. The van der Waals surface area contributed by atoms with E-state index >= 15 is 0 Å². The van der Waals surface area contributed by atoms with E-state index < -0.39 is 6.09 Å². The molecule has 0 saturated carbocycles. The molecule has 0 radical (unpaired) electrons. The molecule has 1 fully saturated rings. The highest BCUT2D eigenvalue weighted by Gasteiger charge is 2.17. The summed E-state index contributed by atoms with van der Waals surface area (Å²) in [5, 5.41) is 10.7. The minimum atomic E-state index is -0.508. The summed E-state index contributed by atoms with van der Waals surface area (Å²) in [6, 6.07) is 3.61. The number of piperazine rings is 1. The van der Waals surface area contributed by atoms with Crippen molar-refractivity contribution in [3.8, 4) is 0 Å². The van der Waals surface area contributed by atoms with Gasteiger partial charge in [0.05, 0.1) is 6.61 Å². The van der Waals surface area contributed by atoms with E-state index in [1.807, 2.05) is 6.07 Å². The van der Waals surface area contributed by atoms with Crippen molar-refractivity contribution < 1.29 is 9.53 Å². The van der Waals surface area contributed by atoms with E-state index in [4.69, 9.17) is 4.74 Å². The van der Waals surface area contributed by atoms with Crippen LogP contribution in [0.5, 0.6) is 0 Å². The first-order valence-corrected chi connectivity index (χ1v) is 6.97. The lowest BCUT2D eigenvalue weighted by Gasteiger charge is -2.34. The zero-order chi connectivity index (χ0) is 14.4. The average Bonchev–Trinajstić information content (AvgIpc) is 2.48. The number of hydrogen-bond donors (Lipinski definition) is 1. The Bertz CT molecular complexity index is 429. The summed E-state index contributed by atoms with van der Waals surface area (Å²) in [5.74, 6) is 1.24. The fourth-order valence-electron chi connectivity index (χ4n) is 2.13. The Hall–Kier alpha value is -1.89. The second-order valence-electron chi connectivity index (χ2n) is 4.54. The Balaban J connectivity index is 1.90. The van der Waals surface area contributed by atoms with E-state index in [0.717, 1.165) is 38.5 Å². The van der Waals surface area contributed by atoms with Crippen LogP contribution < -0.4 is 10.2 Å². The molecule has 1 amide bonds. The number of amides is 1. The van der Waals surface area contributed by atoms with Crippen LogP contribution in [0.1, 0.15) is 13.8 Å². The van der Waals surface area contributed by atoms with E-state index in [1.54, 1.807) is 13.0 Å². The maximum Gasteiger partial charge on any atom is 0.412 e. The normalized spacial score (nSPS) is 16.0. The smallest absolute Gasteiger partial charge is 0.412 e. The maximum absolute atomic E-state index is 11.3. The summed E-state index contributed by atoms with van der Waals surface area (Å²) in [5.41, 5.74) is 0. The molecule has 7 heteroatoms. The van der Waals surface area contributed by atoms with Crippen molar-refractivity contribution in [1.82, 2.24) is 15.1 Å². The SMILES string of the molecule is CCOC(=O)Nc1ccc(N2CCN(CC)CC2)nn1. The molecule has 1 aromatic heterocycles. The van der Waals surface area contributed by atoms with E-state index in [2.05, 4.69) is 32.2 Å². The van der Waals surface area contributed by atoms with Crippen LogP contribution in [0.4, 0.5) is 16.4 Å². The first-order chi connectivity index (χ1) is 9.72. The Morgan fingerprint density at radius 1 is 1.25 bits per heavy atom. The first kappa shape index (κ1) is 14.5. The van der Waals surface area contributed by atoms with Gasteiger partial charge in [0.2, 0.25) is 0 Å². The lowest BCUT2D eigenvalue weighted by molar-refractivity contribution is 0.168. The van der Waals surface area contributed by atoms with Gasteiger partial charge in [0.15, 0.2) is 11.6 Å². The Morgan fingerprint density at radius 3 is 2.55 bits per heavy atom. The first-order valence-electron chi connectivity index (χ1n) is 6.97. The zero-order valence-corrected chi connectivity index (χ0v) is 12.0. The topological polar surface area (TPSA) is 70.6 Å². The zero-order valence-electron chi connectivity index (χ0n) is 12.0. The van der Waals surface area contributed by atoms with Gasteiger partial charge in [-0.2, -0.15) is 0 Å². The molecule has 1 N–H and O–H groups in total. The monoisotopic (exact) mass is 279 g/mol. The summed E-state index contributed by atoms with van der Waals surface area (Å²) in [6.07, 6.45) is -0.508. The highest BCUT2D eigenvalue weighted by Crippen LogP contribution is 2.14. The van der Waals surface area contributed by atoms with Crippen molar-refractivity contribution >= 4 is 17.7 Å². The van der Waals surface area contributed by atoms with Crippen LogP contribution >= 0.6 is 0 Å². The van der Waals surface area contributed by atoms with Crippen LogP contribution in [-0.2, 0) is 4.74 Å². The van der Waals surface area contributed by atoms with Crippen LogP contribution in [0.3, 0.4) is 0 Å². The van der Waals surface area contributed by atoms with Gasteiger partial charge in [0.25, 0.3) is 0 Å². The van der Waals surface area contributed by atoms with Crippen LogP contribution in [-0.4, -0.2) is 60.5 Å². The number of carbonyl (C=O) groups is 1. The molecule has 2 heterocycles. The van der Waals surface area contributed by atoms with Crippen molar-refractivity contribution in [3.05, 3.63) is 12.1 Å². The number of rotatable bonds is 4. The highest BCUT2D eigenvalue weighted by atomic mass is 16.5. The van der Waals surface area contributed by atoms with Crippen LogP contribution in [0.2, 0.25) is 0 Å². The summed E-state index contributed by atoms with van der Waals surface area (Å²) in [4.78, 5) is 15.9. The number of hydrogen-bond acceptors (Lipinski definition) is 6. The fraction of sp³-hybridized carbons (Fsp3) is 0.615. The second-order valence-corrected chi connectivity index (χ2v) is 4.54. The van der Waals surface area contributed by atoms with Gasteiger partial charge in [-0.1, -0.05) is 6.92 Å². The third-order valence-corrected chi connectivity index (χ3v) is 3.30. The van der Waals surface area contributed by atoms with Crippen molar-refractivity contribution in [2.75, 3.05) is 49.5 Å². The largest absolute Gasteiger partial charge is 0.450 e. The van der Waals surface area contributed by atoms with Gasteiger partial charge in [-0.05, 0) is 25.6 Å². The maximum atomic E-state index is 11.3. The van der Waals surface area contributed by atoms with Gasteiger partial charge in [-0.3, -0.25) is 5.32 Å². The van der Waals surface area contributed by atoms with Gasteiger partial charge in [0.1, 0.15) is 0 Å². The molecule has 7 nitrogen and oxygen atoms in total. The molecule has 0 aromatic carbocycles. The van der Waals surface area contributed by atoms with Crippen molar-refractivity contribution in [1.29, 1.82) is 0 Å².